The molecule has 1 amide bonds. The van der Waals surface area contributed by atoms with Crippen LogP contribution in [0.15, 0.2) is 47.5 Å². The molecule has 2 aliphatic heterocycles. The largest absolute Gasteiger partial charge is 0.493 e. The van der Waals surface area contributed by atoms with Gasteiger partial charge in [-0.2, -0.15) is 0 Å². The minimum atomic E-state index is -0.179. The third-order valence-corrected chi connectivity index (χ3v) is 6.45. The standard InChI is InChI=1S/C26H35N5O2.HI/c1-28-26(29-11-9-19-7-8-24-22(15-19)10-13-33-24)30-16-20-4-2-5-21(14-20)17-31-12-3-6-23(18-31)25(27)32;/h2,4-5,7-8,14-15,23H,3,6,9-13,16-18H2,1H3,(H2,27,32)(H2,28,29,30);1H. The van der Waals surface area contributed by atoms with Crippen LogP contribution in [0.25, 0.3) is 0 Å². The second-order valence-corrected chi connectivity index (χ2v) is 8.94. The van der Waals surface area contributed by atoms with Crippen molar-refractivity contribution in [1.29, 1.82) is 0 Å². The lowest BCUT2D eigenvalue weighted by molar-refractivity contribution is -0.123. The molecule has 0 bridgehead atoms. The van der Waals surface area contributed by atoms with Crippen LogP contribution in [0.4, 0.5) is 0 Å². The Morgan fingerprint density at radius 1 is 1.18 bits per heavy atom. The number of fused-ring (bicyclic) bond motifs is 1. The molecule has 4 rings (SSSR count). The fraction of sp³-hybridized carbons (Fsp3) is 0.462. The van der Waals surface area contributed by atoms with Gasteiger partial charge < -0.3 is 21.1 Å². The molecule has 184 valence electrons. The SMILES string of the molecule is CN=C(NCCc1ccc2c(c1)CCO2)NCc1cccc(CN2CCCC(C(N)=O)C2)c1.I. The molecule has 7 nitrogen and oxygen atoms in total. The van der Waals surface area contributed by atoms with Gasteiger partial charge >= 0.3 is 0 Å². The summed E-state index contributed by atoms with van der Waals surface area (Å²) in [6.07, 6.45) is 3.87. The molecule has 1 atom stereocenters. The van der Waals surface area contributed by atoms with E-state index >= 15 is 0 Å². The quantitative estimate of drug-likeness (QED) is 0.255. The number of rotatable bonds is 8. The predicted molar refractivity (Wildman–Crippen MR) is 147 cm³/mol. The first-order chi connectivity index (χ1) is 16.1. The Kier molecular flexibility index (Phi) is 10.0. The maximum atomic E-state index is 11.5. The summed E-state index contributed by atoms with van der Waals surface area (Å²) in [4.78, 5) is 18.2. The summed E-state index contributed by atoms with van der Waals surface area (Å²) in [5, 5.41) is 6.82. The Balaban J connectivity index is 0.00000324. The maximum Gasteiger partial charge on any atom is 0.221 e. The number of likely N-dealkylation sites (tertiary alicyclic amines) is 1. The number of carbonyl (C=O) groups is 1. The normalized spacial score (nSPS) is 17.9. The first-order valence-electron chi connectivity index (χ1n) is 11.9. The van der Waals surface area contributed by atoms with Gasteiger partial charge in [-0.25, -0.2) is 0 Å². The number of halogens is 1. The number of nitrogens with zero attached hydrogens (tertiary/aromatic N) is 2. The van der Waals surface area contributed by atoms with Gasteiger partial charge in [0, 0.05) is 39.6 Å². The van der Waals surface area contributed by atoms with Crippen LogP contribution in [0, 0.1) is 5.92 Å². The summed E-state index contributed by atoms with van der Waals surface area (Å²) in [6, 6.07) is 15.1. The van der Waals surface area contributed by atoms with Gasteiger partial charge in [-0.1, -0.05) is 36.4 Å². The van der Waals surface area contributed by atoms with Crippen LogP contribution in [0.5, 0.6) is 5.75 Å². The lowest BCUT2D eigenvalue weighted by Gasteiger charge is -2.31. The molecule has 1 unspecified atom stereocenters. The van der Waals surface area contributed by atoms with Crippen molar-refractivity contribution in [2.75, 3.05) is 33.3 Å². The van der Waals surface area contributed by atoms with Gasteiger partial charge in [-0.15, -0.1) is 24.0 Å². The number of hydrogen-bond acceptors (Lipinski definition) is 4. The molecular formula is C26H36IN5O2. The Morgan fingerprint density at radius 3 is 2.85 bits per heavy atom. The Bertz CT molecular complexity index is 997. The molecule has 34 heavy (non-hydrogen) atoms. The summed E-state index contributed by atoms with van der Waals surface area (Å²) in [5.41, 5.74) is 10.6. The number of amides is 1. The van der Waals surface area contributed by atoms with Crippen LogP contribution in [-0.4, -0.2) is 50.1 Å². The van der Waals surface area contributed by atoms with Crippen LogP contribution in [0.1, 0.15) is 35.1 Å². The molecule has 4 N–H and O–H groups in total. The second-order valence-electron chi connectivity index (χ2n) is 8.94. The lowest BCUT2D eigenvalue weighted by Crippen LogP contribution is -2.40. The number of nitrogens with two attached hydrogens (primary N) is 1. The summed E-state index contributed by atoms with van der Waals surface area (Å²) in [7, 11) is 1.80. The van der Waals surface area contributed by atoms with Crippen LogP contribution < -0.4 is 21.1 Å². The van der Waals surface area contributed by atoms with Crippen molar-refractivity contribution in [3.8, 4) is 5.75 Å². The summed E-state index contributed by atoms with van der Waals surface area (Å²) >= 11 is 0. The highest BCUT2D eigenvalue weighted by Gasteiger charge is 2.23. The highest BCUT2D eigenvalue weighted by atomic mass is 127. The van der Waals surface area contributed by atoms with Crippen molar-refractivity contribution in [1.82, 2.24) is 15.5 Å². The van der Waals surface area contributed by atoms with Gasteiger partial charge in [0.2, 0.25) is 5.91 Å². The van der Waals surface area contributed by atoms with E-state index in [2.05, 4.69) is 63.0 Å². The molecular weight excluding hydrogens is 541 g/mol. The topological polar surface area (TPSA) is 92.0 Å². The van der Waals surface area contributed by atoms with E-state index in [1.807, 2.05) is 0 Å². The number of primary amides is 1. The smallest absolute Gasteiger partial charge is 0.221 e. The molecule has 1 saturated heterocycles. The number of carbonyl (C=O) groups excluding carboxylic acids is 1. The van der Waals surface area contributed by atoms with Crippen molar-refractivity contribution < 1.29 is 9.53 Å². The van der Waals surface area contributed by atoms with Gasteiger partial charge in [0.1, 0.15) is 5.75 Å². The molecule has 0 radical (unpaired) electrons. The van der Waals surface area contributed by atoms with E-state index in [1.165, 1.54) is 22.3 Å². The fourth-order valence-corrected chi connectivity index (χ4v) is 4.65. The van der Waals surface area contributed by atoms with Gasteiger partial charge in [0.25, 0.3) is 0 Å². The van der Waals surface area contributed by atoms with E-state index in [4.69, 9.17) is 10.5 Å². The molecule has 0 spiro atoms. The minimum Gasteiger partial charge on any atom is -0.493 e. The fourth-order valence-electron chi connectivity index (χ4n) is 4.65. The third-order valence-electron chi connectivity index (χ3n) is 6.45. The number of piperidine rings is 1. The molecule has 8 heteroatoms. The Morgan fingerprint density at radius 2 is 2.03 bits per heavy atom. The average Bonchev–Trinajstić information content (AvgIpc) is 3.29. The molecule has 0 saturated carbocycles. The van der Waals surface area contributed by atoms with E-state index in [1.54, 1.807) is 7.05 Å². The predicted octanol–water partition coefficient (Wildman–Crippen LogP) is 2.84. The zero-order chi connectivity index (χ0) is 23.0. The Hall–Kier alpha value is -2.33. The molecule has 2 heterocycles. The number of nitrogens with one attached hydrogen (secondary N) is 2. The zero-order valence-corrected chi connectivity index (χ0v) is 22.2. The molecule has 2 aromatic carbocycles. The van der Waals surface area contributed by atoms with E-state index in [0.717, 1.165) is 70.2 Å². The Labute approximate surface area is 219 Å². The van der Waals surface area contributed by atoms with Crippen molar-refractivity contribution in [3.63, 3.8) is 0 Å². The molecule has 1 fully saturated rings. The van der Waals surface area contributed by atoms with Gasteiger partial charge in [-0.05, 0) is 54.1 Å². The number of hydrogen-bond donors (Lipinski definition) is 3. The first-order valence-corrected chi connectivity index (χ1v) is 11.9. The van der Waals surface area contributed by atoms with Crippen molar-refractivity contribution in [3.05, 3.63) is 64.7 Å². The maximum absolute atomic E-state index is 11.5. The number of ether oxygens (including phenoxy) is 1. The highest BCUT2D eigenvalue weighted by molar-refractivity contribution is 14.0. The molecule has 0 aliphatic carbocycles. The molecule has 0 aromatic heterocycles. The number of benzene rings is 2. The highest BCUT2D eigenvalue weighted by Crippen LogP contribution is 2.26. The van der Waals surface area contributed by atoms with Crippen LogP contribution >= 0.6 is 24.0 Å². The van der Waals surface area contributed by atoms with E-state index in [-0.39, 0.29) is 35.8 Å². The third kappa shape index (κ3) is 7.33. The van der Waals surface area contributed by atoms with E-state index < -0.39 is 0 Å². The summed E-state index contributed by atoms with van der Waals surface area (Å²) < 4.78 is 5.59. The van der Waals surface area contributed by atoms with Crippen molar-refractivity contribution in [2.45, 2.75) is 38.8 Å². The van der Waals surface area contributed by atoms with Crippen molar-refractivity contribution >= 4 is 35.8 Å². The first kappa shape index (κ1) is 26.3. The van der Waals surface area contributed by atoms with Crippen molar-refractivity contribution in [2.24, 2.45) is 16.6 Å². The summed E-state index contributed by atoms with van der Waals surface area (Å²) in [5.74, 6) is 1.62. The average molecular weight is 578 g/mol. The van der Waals surface area contributed by atoms with Crippen LogP contribution in [0.2, 0.25) is 0 Å². The summed E-state index contributed by atoms with van der Waals surface area (Å²) in [6.45, 7) is 4.92. The number of aliphatic imine (C=N–C) groups is 1. The lowest BCUT2D eigenvalue weighted by atomic mass is 9.97. The minimum absolute atomic E-state index is 0. The van der Waals surface area contributed by atoms with E-state index in [9.17, 15) is 4.79 Å². The van der Waals surface area contributed by atoms with Gasteiger partial charge in [0.15, 0.2) is 5.96 Å². The van der Waals surface area contributed by atoms with Crippen LogP contribution in [0.3, 0.4) is 0 Å². The molecule has 2 aliphatic rings. The second kappa shape index (κ2) is 12.9. The monoisotopic (exact) mass is 577 g/mol. The zero-order valence-electron chi connectivity index (χ0n) is 19.9. The van der Waals surface area contributed by atoms with Gasteiger partial charge in [0.05, 0.1) is 12.5 Å². The number of guanidine groups is 1. The van der Waals surface area contributed by atoms with Gasteiger partial charge in [-0.3, -0.25) is 14.7 Å². The van der Waals surface area contributed by atoms with Crippen LogP contribution in [-0.2, 0) is 30.7 Å². The van der Waals surface area contributed by atoms with E-state index in [0.29, 0.717) is 6.54 Å². The molecule has 2 aromatic rings.